The Bertz CT molecular complexity index is 549. The van der Waals surface area contributed by atoms with Crippen LogP contribution < -0.4 is 15.2 Å². The molecule has 102 valence electrons. The van der Waals surface area contributed by atoms with E-state index in [0.29, 0.717) is 18.1 Å². The summed E-state index contributed by atoms with van der Waals surface area (Å²) >= 11 is 0. The molecule has 0 bridgehead atoms. The zero-order valence-corrected chi connectivity index (χ0v) is 11.5. The van der Waals surface area contributed by atoms with Gasteiger partial charge in [0.05, 0.1) is 13.3 Å². The first-order valence-corrected chi connectivity index (χ1v) is 6.14. The molecule has 0 saturated carbocycles. The number of aryl methyl sites for hydroxylation is 1. The molecule has 0 aliphatic heterocycles. The van der Waals surface area contributed by atoms with Gasteiger partial charge in [-0.2, -0.15) is 5.10 Å². The highest BCUT2D eigenvalue weighted by Gasteiger charge is 2.08. The molecule has 0 spiro atoms. The first-order chi connectivity index (χ1) is 9.10. The predicted octanol–water partition coefficient (Wildman–Crippen LogP) is 2.03. The summed E-state index contributed by atoms with van der Waals surface area (Å²) in [6.45, 7) is 2.40. The van der Waals surface area contributed by atoms with Crippen molar-refractivity contribution in [1.29, 1.82) is 0 Å². The van der Waals surface area contributed by atoms with Gasteiger partial charge in [-0.3, -0.25) is 4.68 Å². The average molecular weight is 261 g/mol. The standard InChI is InChI=1S/C14H19N3O2/c1-10(15)12-4-5-13(14(6-12)18-3)19-9-11-7-16-17(2)8-11/h4-8,10H,9,15H2,1-3H3/t10-/m0/s1. The summed E-state index contributed by atoms with van der Waals surface area (Å²) in [7, 11) is 3.50. The van der Waals surface area contributed by atoms with Gasteiger partial charge in [-0.05, 0) is 24.6 Å². The first-order valence-electron chi connectivity index (χ1n) is 6.14. The molecule has 1 aromatic heterocycles. The smallest absolute Gasteiger partial charge is 0.161 e. The number of nitrogens with zero attached hydrogens (tertiary/aromatic N) is 2. The highest BCUT2D eigenvalue weighted by atomic mass is 16.5. The predicted molar refractivity (Wildman–Crippen MR) is 73.1 cm³/mol. The van der Waals surface area contributed by atoms with Gasteiger partial charge in [0.25, 0.3) is 0 Å². The number of hydrogen-bond acceptors (Lipinski definition) is 4. The van der Waals surface area contributed by atoms with Crippen LogP contribution in [0.2, 0.25) is 0 Å². The fourth-order valence-corrected chi connectivity index (χ4v) is 1.79. The molecular weight excluding hydrogens is 242 g/mol. The van der Waals surface area contributed by atoms with E-state index in [1.54, 1.807) is 18.0 Å². The molecule has 0 saturated heterocycles. The third kappa shape index (κ3) is 3.26. The molecule has 2 rings (SSSR count). The van der Waals surface area contributed by atoms with Gasteiger partial charge in [0.1, 0.15) is 6.61 Å². The average Bonchev–Trinajstić information content (AvgIpc) is 2.81. The second-order valence-electron chi connectivity index (χ2n) is 4.51. The van der Waals surface area contributed by atoms with Crippen molar-refractivity contribution in [2.75, 3.05) is 7.11 Å². The monoisotopic (exact) mass is 261 g/mol. The number of benzene rings is 1. The first kappa shape index (κ1) is 13.4. The normalized spacial score (nSPS) is 12.2. The van der Waals surface area contributed by atoms with Crippen LogP contribution in [0.25, 0.3) is 0 Å². The van der Waals surface area contributed by atoms with E-state index in [2.05, 4.69) is 5.10 Å². The van der Waals surface area contributed by atoms with E-state index in [-0.39, 0.29) is 6.04 Å². The lowest BCUT2D eigenvalue weighted by atomic mass is 10.1. The van der Waals surface area contributed by atoms with E-state index >= 15 is 0 Å². The van der Waals surface area contributed by atoms with Gasteiger partial charge < -0.3 is 15.2 Å². The minimum Gasteiger partial charge on any atom is -0.493 e. The number of ether oxygens (including phenoxy) is 2. The van der Waals surface area contributed by atoms with E-state index in [1.165, 1.54) is 0 Å². The van der Waals surface area contributed by atoms with Gasteiger partial charge in [0.15, 0.2) is 11.5 Å². The van der Waals surface area contributed by atoms with Gasteiger partial charge >= 0.3 is 0 Å². The minimum absolute atomic E-state index is 0.0266. The van der Waals surface area contributed by atoms with Crippen molar-refractivity contribution in [3.63, 3.8) is 0 Å². The lowest BCUT2D eigenvalue weighted by molar-refractivity contribution is 0.284. The Hall–Kier alpha value is -2.01. The topological polar surface area (TPSA) is 62.3 Å². The largest absolute Gasteiger partial charge is 0.493 e. The van der Waals surface area contributed by atoms with Crippen LogP contribution in [-0.4, -0.2) is 16.9 Å². The van der Waals surface area contributed by atoms with E-state index in [0.717, 1.165) is 11.1 Å². The van der Waals surface area contributed by atoms with Crippen LogP contribution in [0.15, 0.2) is 30.6 Å². The van der Waals surface area contributed by atoms with Crippen LogP contribution in [0, 0.1) is 0 Å². The lowest BCUT2D eigenvalue weighted by Crippen LogP contribution is -2.05. The van der Waals surface area contributed by atoms with Crippen molar-refractivity contribution in [1.82, 2.24) is 9.78 Å². The fourth-order valence-electron chi connectivity index (χ4n) is 1.79. The Morgan fingerprint density at radius 3 is 2.74 bits per heavy atom. The number of rotatable bonds is 5. The SMILES string of the molecule is COc1cc([C@H](C)N)ccc1OCc1cnn(C)c1. The summed E-state index contributed by atoms with van der Waals surface area (Å²) < 4.78 is 12.8. The second-order valence-corrected chi connectivity index (χ2v) is 4.51. The number of hydrogen-bond donors (Lipinski definition) is 1. The number of methoxy groups -OCH3 is 1. The zero-order chi connectivity index (χ0) is 13.8. The molecule has 1 atom stereocenters. The van der Waals surface area contributed by atoms with Gasteiger partial charge in [0.2, 0.25) is 0 Å². The summed E-state index contributed by atoms with van der Waals surface area (Å²) in [6.07, 6.45) is 3.70. The Morgan fingerprint density at radius 1 is 1.37 bits per heavy atom. The van der Waals surface area contributed by atoms with Crippen molar-refractivity contribution < 1.29 is 9.47 Å². The molecule has 0 unspecified atom stereocenters. The highest BCUT2D eigenvalue weighted by Crippen LogP contribution is 2.30. The molecule has 0 radical (unpaired) electrons. The molecule has 1 aromatic carbocycles. The summed E-state index contributed by atoms with van der Waals surface area (Å²) in [6, 6.07) is 5.71. The van der Waals surface area contributed by atoms with Crippen molar-refractivity contribution in [2.24, 2.45) is 12.8 Å². The molecule has 2 aromatic rings. The van der Waals surface area contributed by atoms with Crippen molar-refractivity contribution in [3.8, 4) is 11.5 Å². The number of aromatic nitrogens is 2. The maximum Gasteiger partial charge on any atom is 0.161 e. The Kier molecular flexibility index (Phi) is 4.06. The third-order valence-electron chi connectivity index (χ3n) is 2.87. The maximum absolute atomic E-state index is 5.85. The molecule has 0 amide bonds. The van der Waals surface area contributed by atoms with Crippen molar-refractivity contribution >= 4 is 0 Å². The quantitative estimate of drug-likeness (QED) is 0.894. The van der Waals surface area contributed by atoms with E-state index in [4.69, 9.17) is 15.2 Å². The van der Waals surface area contributed by atoms with Gasteiger partial charge in [-0.1, -0.05) is 6.07 Å². The van der Waals surface area contributed by atoms with E-state index in [9.17, 15) is 0 Å². The van der Waals surface area contributed by atoms with Crippen LogP contribution in [0.4, 0.5) is 0 Å². The Labute approximate surface area is 112 Å². The maximum atomic E-state index is 5.85. The second kappa shape index (κ2) is 5.75. The molecule has 1 heterocycles. The molecule has 0 fully saturated rings. The molecule has 0 aliphatic rings. The highest BCUT2D eigenvalue weighted by molar-refractivity contribution is 5.43. The lowest BCUT2D eigenvalue weighted by Gasteiger charge is -2.13. The summed E-state index contributed by atoms with van der Waals surface area (Å²) in [5.41, 5.74) is 7.88. The summed E-state index contributed by atoms with van der Waals surface area (Å²) in [5, 5.41) is 4.10. The van der Waals surface area contributed by atoms with Gasteiger partial charge in [-0.25, -0.2) is 0 Å². The summed E-state index contributed by atoms with van der Waals surface area (Å²) in [5.74, 6) is 1.40. The number of nitrogens with two attached hydrogens (primary N) is 1. The molecule has 19 heavy (non-hydrogen) atoms. The van der Waals surface area contributed by atoms with Crippen molar-refractivity contribution in [2.45, 2.75) is 19.6 Å². The third-order valence-corrected chi connectivity index (χ3v) is 2.87. The Balaban J connectivity index is 2.11. The van der Waals surface area contributed by atoms with Crippen LogP contribution in [0.5, 0.6) is 11.5 Å². The Morgan fingerprint density at radius 2 is 2.16 bits per heavy atom. The summed E-state index contributed by atoms with van der Waals surface area (Å²) in [4.78, 5) is 0. The molecule has 5 heteroatoms. The molecule has 0 aliphatic carbocycles. The minimum atomic E-state index is -0.0266. The van der Waals surface area contributed by atoms with Crippen LogP contribution in [0.3, 0.4) is 0 Å². The molecule has 5 nitrogen and oxygen atoms in total. The van der Waals surface area contributed by atoms with Crippen molar-refractivity contribution in [3.05, 3.63) is 41.7 Å². The van der Waals surface area contributed by atoms with Gasteiger partial charge in [-0.15, -0.1) is 0 Å². The van der Waals surface area contributed by atoms with E-state index in [1.807, 2.05) is 38.4 Å². The fraction of sp³-hybridized carbons (Fsp3) is 0.357. The van der Waals surface area contributed by atoms with E-state index < -0.39 is 0 Å². The zero-order valence-electron chi connectivity index (χ0n) is 11.5. The van der Waals surface area contributed by atoms with Crippen LogP contribution in [-0.2, 0) is 13.7 Å². The molecule has 2 N–H and O–H groups in total. The molecular formula is C14H19N3O2. The van der Waals surface area contributed by atoms with Crippen LogP contribution in [0.1, 0.15) is 24.1 Å². The van der Waals surface area contributed by atoms with Crippen LogP contribution >= 0.6 is 0 Å². The van der Waals surface area contributed by atoms with Gasteiger partial charge in [0, 0.05) is 24.8 Å².